The van der Waals surface area contributed by atoms with E-state index in [1.807, 2.05) is 0 Å². The van der Waals surface area contributed by atoms with Crippen molar-refractivity contribution in [1.29, 1.82) is 0 Å². The highest BCUT2D eigenvalue weighted by Crippen LogP contribution is 2.00. The van der Waals surface area contributed by atoms with E-state index in [1.165, 1.54) is 0 Å². The standard InChI is InChI=1S/C3H5ClO4S/c1-2(3(4)5)9(6,7)8/h2H,1H3,(H,6,7,8). The van der Waals surface area contributed by atoms with Crippen molar-refractivity contribution in [2.45, 2.75) is 12.2 Å². The van der Waals surface area contributed by atoms with Crippen molar-refractivity contribution < 1.29 is 17.8 Å². The molecule has 0 aromatic rings. The molecule has 0 fully saturated rings. The molecule has 0 aromatic carbocycles. The third-order valence-electron chi connectivity index (χ3n) is 0.766. The van der Waals surface area contributed by atoms with Crippen LogP contribution in [-0.2, 0) is 14.9 Å². The third kappa shape index (κ3) is 2.78. The zero-order valence-corrected chi connectivity index (χ0v) is 6.11. The summed E-state index contributed by atoms with van der Waals surface area (Å²) in [5, 5.41) is -2.61. The minimum Gasteiger partial charge on any atom is -0.285 e. The lowest BCUT2D eigenvalue weighted by molar-refractivity contribution is -0.111. The van der Waals surface area contributed by atoms with E-state index in [0.29, 0.717) is 0 Å². The first-order chi connectivity index (χ1) is 3.85. The molecule has 6 heteroatoms. The van der Waals surface area contributed by atoms with E-state index in [-0.39, 0.29) is 0 Å². The lowest BCUT2D eigenvalue weighted by Gasteiger charge is -1.98. The Balaban J connectivity index is 4.43. The summed E-state index contributed by atoms with van der Waals surface area (Å²) in [6, 6.07) is 0. The molecule has 0 aliphatic carbocycles. The molecule has 0 rings (SSSR count). The van der Waals surface area contributed by atoms with Crippen molar-refractivity contribution in [1.82, 2.24) is 0 Å². The van der Waals surface area contributed by atoms with Gasteiger partial charge in [-0.25, -0.2) is 0 Å². The lowest BCUT2D eigenvalue weighted by atomic mass is 10.5. The smallest absolute Gasteiger partial charge is 0.276 e. The van der Waals surface area contributed by atoms with Crippen LogP contribution in [0.4, 0.5) is 0 Å². The van der Waals surface area contributed by atoms with E-state index in [9.17, 15) is 13.2 Å². The van der Waals surface area contributed by atoms with Crippen LogP contribution in [0.1, 0.15) is 6.92 Å². The van der Waals surface area contributed by atoms with E-state index in [4.69, 9.17) is 16.2 Å². The highest BCUT2D eigenvalue weighted by molar-refractivity contribution is 7.87. The number of rotatable bonds is 2. The fourth-order valence-electron chi connectivity index (χ4n) is 0.117. The highest BCUT2D eigenvalue weighted by Gasteiger charge is 2.23. The minimum atomic E-state index is -4.28. The summed E-state index contributed by atoms with van der Waals surface area (Å²) in [7, 11) is -4.28. The summed E-state index contributed by atoms with van der Waals surface area (Å²) in [5.41, 5.74) is 0. The van der Waals surface area contributed by atoms with Crippen molar-refractivity contribution in [2.24, 2.45) is 0 Å². The van der Waals surface area contributed by atoms with Gasteiger partial charge in [0.1, 0.15) is 0 Å². The molecular formula is C3H5ClO4S. The van der Waals surface area contributed by atoms with E-state index in [2.05, 4.69) is 0 Å². The summed E-state index contributed by atoms with van der Waals surface area (Å²) in [6.07, 6.45) is 0. The topological polar surface area (TPSA) is 71.4 Å². The Bertz CT molecular complexity index is 206. The fourth-order valence-corrected chi connectivity index (χ4v) is 0.689. The monoisotopic (exact) mass is 172 g/mol. The van der Waals surface area contributed by atoms with Gasteiger partial charge in [0.2, 0.25) is 5.24 Å². The second-order valence-corrected chi connectivity index (χ2v) is 3.57. The predicted octanol–water partition coefficient (Wildman–Crippen LogP) is 0.0281. The Morgan fingerprint density at radius 3 is 2.00 bits per heavy atom. The molecule has 1 N–H and O–H groups in total. The van der Waals surface area contributed by atoms with E-state index >= 15 is 0 Å². The molecule has 54 valence electrons. The molecule has 0 bridgehead atoms. The maximum absolute atomic E-state index is 10.0. The zero-order chi connectivity index (χ0) is 7.65. The Kier molecular flexibility index (Phi) is 2.60. The Hall–Kier alpha value is -0.130. The SMILES string of the molecule is CC(C(=O)Cl)S(=O)(=O)O. The van der Waals surface area contributed by atoms with Crippen LogP contribution >= 0.6 is 11.6 Å². The summed E-state index contributed by atoms with van der Waals surface area (Å²) < 4.78 is 28.2. The van der Waals surface area contributed by atoms with Crippen LogP contribution in [-0.4, -0.2) is 23.5 Å². The second-order valence-electron chi connectivity index (χ2n) is 1.46. The molecule has 0 heterocycles. The van der Waals surface area contributed by atoms with Crippen molar-refractivity contribution >= 4 is 27.0 Å². The van der Waals surface area contributed by atoms with Gasteiger partial charge in [0.25, 0.3) is 10.1 Å². The molecule has 4 nitrogen and oxygen atoms in total. The minimum absolute atomic E-state index is 1.00. The van der Waals surface area contributed by atoms with Crippen LogP contribution in [0, 0.1) is 0 Å². The molecule has 0 aliphatic heterocycles. The van der Waals surface area contributed by atoms with Crippen LogP contribution in [0.3, 0.4) is 0 Å². The van der Waals surface area contributed by atoms with Crippen LogP contribution in [0.2, 0.25) is 0 Å². The first-order valence-electron chi connectivity index (χ1n) is 2.01. The van der Waals surface area contributed by atoms with Gasteiger partial charge >= 0.3 is 0 Å². The number of hydrogen-bond donors (Lipinski definition) is 1. The number of halogens is 1. The second kappa shape index (κ2) is 2.64. The Morgan fingerprint density at radius 1 is 1.67 bits per heavy atom. The maximum Gasteiger partial charge on any atom is 0.276 e. The van der Waals surface area contributed by atoms with E-state index < -0.39 is 20.6 Å². The fraction of sp³-hybridized carbons (Fsp3) is 0.667. The van der Waals surface area contributed by atoms with Crippen LogP contribution in [0.15, 0.2) is 0 Å². The molecule has 0 aliphatic rings. The molecule has 0 aromatic heterocycles. The zero-order valence-electron chi connectivity index (χ0n) is 4.54. The highest BCUT2D eigenvalue weighted by atomic mass is 35.5. The molecular weight excluding hydrogens is 168 g/mol. The first-order valence-corrected chi connectivity index (χ1v) is 3.89. The number of carbonyl (C=O) groups is 1. The summed E-state index contributed by atoms with van der Waals surface area (Å²) in [5.74, 6) is 0. The van der Waals surface area contributed by atoms with Crippen LogP contribution in [0.25, 0.3) is 0 Å². The summed E-state index contributed by atoms with van der Waals surface area (Å²) in [4.78, 5) is 10.0. The first kappa shape index (κ1) is 8.87. The van der Waals surface area contributed by atoms with Gasteiger partial charge in [0, 0.05) is 0 Å². The maximum atomic E-state index is 10.0. The molecule has 0 saturated carbocycles. The van der Waals surface area contributed by atoms with Crippen LogP contribution in [0.5, 0.6) is 0 Å². The van der Waals surface area contributed by atoms with Gasteiger partial charge < -0.3 is 0 Å². The lowest BCUT2D eigenvalue weighted by Crippen LogP contribution is -2.22. The van der Waals surface area contributed by atoms with Gasteiger partial charge in [-0.2, -0.15) is 8.42 Å². The van der Waals surface area contributed by atoms with Crippen molar-refractivity contribution in [2.75, 3.05) is 0 Å². The Labute approximate surface area is 57.6 Å². The Morgan fingerprint density at radius 2 is 2.00 bits per heavy atom. The molecule has 0 saturated heterocycles. The molecule has 0 amide bonds. The molecule has 9 heavy (non-hydrogen) atoms. The number of carbonyl (C=O) groups excluding carboxylic acids is 1. The van der Waals surface area contributed by atoms with Gasteiger partial charge in [-0.15, -0.1) is 0 Å². The summed E-state index contributed by atoms with van der Waals surface area (Å²) >= 11 is 4.73. The summed E-state index contributed by atoms with van der Waals surface area (Å²) in [6.45, 7) is 1.00. The molecule has 1 unspecified atom stereocenters. The largest absolute Gasteiger partial charge is 0.285 e. The van der Waals surface area contributed by atoms with E-state index in [0.717, 1.165) is 6.92 Å². The van der Waals surface area contributed by atoms with Gasteiger partial charge in [0.15, 0.2) is 5.25 Å². The van der Waals surface area contributed by atoms with E-state index in [1.54, 1.807) is 0 Å². The van der Waals surface area contributed by atoms with Gasteiger partial charge in [-0.1, -0.05) is 0 Å². The molecule has 0 radical (unpaired) electrons. The quantitative estimate of drug-likeness (QED) is 0.471. The number of hydrogen-bond acceptors (Lipinski definition) is 3. The van der Waals surface area contributed by atoms with Crippen molar-refractivity contribution in [3.05, 3.63) is 0 Å². The average molecular weight is 173 g/mol. The van der Waals surface area contributed by atoms with Gasteiger partial charge in [0.05, 0.1) is 0 Å². The van der Waals surface area contributed by atoms with Crippen LogP contribution < -0.4 is 0 Å². The van der Waals surface area contributed by atoms with Gasteiger partial charge in [-0.05, 0) is 18.5 Å². The van der Waals surface area contributed by atoms with Crippen molar-refractivity contribution in [3.63, 3.8) is 0 Å². The van der Waals surface area contributed by atoms with Gasteiger partial charge in [-0.3, -0.25) is 9.35 Å². The average Bonchev–Trinajstić information content (AvgIpc) is 1.62. The normalized spacial score (nSPS) is 15.0. The van der Waals surface area contributed by atoms with Crippen molar-refractivity contribution in [3.8, 4) is 0 Å². The molecule has 1 atom stereocenters. The molecule has 0 spiro atoms. The predicted molar refractivity (Wildman–Crippen MR) is 31.9 cm³/mol. The third-order valence-corrected chi connectivity index (χ3v) is 2.33.